The average Bonchev–Trinajstić information content (AvgIpc) is 2.51. The van der Waals surface area contributed by atoms with Gasteiger partial charge in [-0.05, 0) is 55.5 Å². The first kappa shape index (κ1) is 13.0. The molecule has 86 valence electrons. The third kappa shape index (κ3) is 4.99. The van der Waals surface area contributed by atoms with E-state index in [-0.39, 0.29) is 5.60 Å². The number of furan rings is 1. The van der Waals surface area contributed by atoms with Gasteiger partial charge in [-0.3, -0.25) is 0 Å². The Bertz CT molecular complexity index is 297. The Morgan fingerprint density at radius 1 is 1.47 bits per heavy atom. The van der Waals surface area contributed by atoms with Crippen molar-refractivity contribution in [3.8, 4) is 0 Å². The maximum atomic E-state index is 5.58. The van der Waals surface area contributed by atoms with Gasteiger partial charge in [0.1, 0.15) is 5.76 Å². The molecular formula is C11H18INO2. The van der Waals surface area contributed by atoms with Crippen LogP contribution in [0.2, 0.25) is 0 Å². The summed E-state index contributed by atoms with van der Waals surface area (Å²) in [6, 6.07) is 3.95. The van der Waals surface area contributed by atoms with E-state index in [1.54, 1.807) is 0 Å². The highest BCUT2D eigenvalue weighted by molar-refractivity contribution is 14.1. The quantitative estimate of drug-likeness (QED) is 0.818. The minimum Gasteiger partial charge on any atom is -0.454 e. The van der Waals surface area contributed by atoms with E-state index in [0.29, 0.717) is 0 Å². The molecular weight excluding hydrogens is 305 g/mol. The van der Waals surface area contributed by atoms with E-state index in [9.17, 15) is 0 Å². The second kappa shape index (κ2) is 5.86. The lowest BCUT2D eigenvalue weighted by Gasteiger charge is -2.24. The van der Waals surface area contributed by atoms with Gasteiger partial charge in [-0.15, -0.1) is 0 Å². The predicted octanol–water partition coefficient (Wildman–Crippen LogP) is 2.79. The molecule has 0 fully saturated rings. The average molecular weight is 323 g/mol. The van der Waals surface area contributed by atoms with Crippen molar-refractivity contribution in [3.05, 3.63) is 21.7 Å². The first-order valence-corrected chi connectivity index (χ1v) is 6.20. The van der Waals surface area contributed by atoms with Gasteiger partial charge >= 0.3 is 0 Å². The summed E-state index contributed by atoms with van der Waals surface area (Å²) in [5.74, 6) is 0.965. The molecule has 3 nitrogen and oxygen atoms in total. The Morgan fingerprint density at radius 3 is 2.73 bits per heavy atom. The summed E-state index contributed by atoms with van der Waals surface area (Å²) in [5, 5.41) is 3.32. The second-order valence-electron chi connectivity index (χ2n) is 4.00. The fourth-order valence-corrected chi connectivity index (χ4v) is 1.84. The minimum atomic E-state index is -0.117. The van der Waals surface area contributed by atoms with Crippen LogP contribution in [0.4, 0.5) is 0 Å². The molecule has 0 aliphatic carbocycles. The van der Waals surface area contributed by atoms with Crippen LogP contribution in [0.3, 0.4) is 0 Å². The van der Waals surface area contributed by atoms with Gasteiger partial charge in [0.15, 0.2) is 3.77 Å². The maximum Gasteiger partial charge on any atom is 0.164 e. The third-order valence-electron chi connectivity index (χ3n) is 2.01. The third-order valence-corrected chi connectivity index (χ3v) is 2.59. The summed E-state index contributed by atoms with van der Waals surface area (Å²) in [7, 11) is 0. The molecule has 4 heteroatoms. The van der Waals surface area contributed by atoms with Crippen molar-refractivity contribution in [1.82, 2.24) is 5.32 Å². The zero-order valence-electron chi connectivity index (χ0n) is 9.47. The maximum absolute atomic E-state index is 5.58. The van der Waals surface area contributed by atoms with Gasteiger partial charge in [0.25, 0.3) is 0 Å². The van der Waals surface area contributed by atoms with Crippen molar-refractivity contribution < 1.29 is 9.15 Å². The van der Waals surface area contributed by atoms with Crippen molar-refractivity contribution in [2.75, 3.05) is 13.2 Å². The number of ether oxygens (including phenoxy) is 1. The molecule has 0 unspecified atom stereocenters. The molecule has 0 saturated carbocycles. The van der Waals surface area contributed by atoms with Crippen LogP contribution in [-0.2, 0) is 11.3 Å². The summed E-state index contributed by atoms with van der Waals surface area (Å²) in [6.07, 6.45) is 0. The topological polar surface area (TPSA) is 34.4 Å². The van der Waals surface area contributed by atoms with Gasteiger partial charge in [0, 0.05) is 13.2 Å². The number of hydrogen-bond donors (Lipinski definition) is 1. The van der Waals surface area contributed by atoms with Crippen LogP contribution in [0.1, 0.15) is 26.5 Å². The van der Waals surface area contributed by atoms with E-state index in [2.05, 4.69) is 41.8 Å². The highest BCUT2D eigenvalue weighted by Gasteiger charge is 2.16. The van der Waals surface area contributed by atoms with Crippen LogP contribution >= 0.6 is 22.6 Å². The number of rotatable bonds is 6. The summed E-state index contributed by atoms with van der Waals surface area (Å²) in [6.45, 7) is 8.48. The standard InChI is InChI=1S/C11H18INO2/c1-4-14-11(2,3)8-13-7-9-5-6-10(12)15-9/h5-6,13H,4,7-8H2,1-3H3. The van der Waals surface area contributed by atoms with Gasteiger partial charge in [0.2, 0.25) is 0 Å². The fraction of sp³-hybridized carbons (Fsp3) is 0.636. The molecule has 1 N–H and O–H groups in total. The van der Waals surface area contributed by atoms with Crippen LogP contribution in [0.15, 0.2) is 16.5 Å². The zero-order chi connectivity index (χ0) is 11.3. The molecule has 0 saturated heterocycles. The van der Waals surface area contributed by atoms with Gasteiger partial charge in [-0.2, -0.15) is 0 Å². The molecule has 0 aliphatic rings. The number of hydrogen-bond acceptors (Lipinski definition) is 3. The smallest absolute Gasteiger partial charge is 0.164 e. The van der Waals surface area contributed by atoms with Gasteiger partial charge < -0.3 is 14.5 Å². The fourth-order valence-electron chi connectivity index (χ4n) is 1.38. The molecule has 0 atom stereocenters. The monoisotopic (exact) mass is 323 g/mol. The molecule has 0 radical (unpaired) electrons. The molecule has 1 rings (SSSR count). The van der Waals surface area contributed by atoms with Crippen molar-refractivity contribution in [2.45, 2.75) is 32.9 Å². The van der Waals surface area contributed by atoms with Crippen LogP contribution in [0, 0.1) is 3.77 Å². The Balaban J connectivity index is 2.27. The van der Waals surface area contributed by atoms with Crippen molar-refractivity contribution >= 4 is 22.6 Å². The lowest BCUT2D eigenvalue weighted by Crippen LogP contribution is -2.37. The first-order valence-electron chi connectivity index (χ1n) is 5.12. The molecule has 0 aromatic carbocycles. The Kier molecular flexibility index (Phi) is 5.08. The molecule has 1 aromatic heterocycles. The van der Waals surface area contributed by atoms with E-state index >= 15 is 0 Å². The van der Waals surface area contributed by atoms with Crippen molar-refractivity contribution in [2.24, 2.45) is 0 Å². The molecule has 0 spiro atoms. The summed E-state index contributed by atoms with van der Waals surface area (Å²) in [5.41, 5.74) is -0.117. The van der Waals surface area contributed by atoms with Crippen LogP contribution in [0.5, 0.6) is 0 Å². The molecule has 15 heavy (non-hydrogen) atoms. The summed E-state index contributed by atoms with van der Waals surface area (Å²) < 4.78 is 11.9. The molecule has 1 heterocycles. The first-order chi connectivity index (χ1) is 7.03. The Morgan fingerprint density at radius 2 is 2.20 bits per heavy atom. The molecule has 1 aromatic rings. The Hall–Kier alpha value is -0.0700. The molecule has 0 aliphatic heterocycles. The predicted molar refractivity (Wildman–Crippen MR) is 68.8 cm³/mol. The van der Waals surface area contributed by atoms with E-state index < -0.39 is 0 Å². The second-order valence-corrected chi connectivity index (χ2v) is 5.07. The van der Waals surface area contributed by atoms with Crippen molar-refractivity contribution in [1.29, 1.82) is 0 Å². The van der Waals surface area contributed by atoms with E-state index in [4.69, 9.17) is 9.15 Å². The van der Waals surface area contributed by atoms with Crippen LogP contribution in [0.25, 0.3) is 0 Å². The number of nitrogens with one attached hydrogen (secondary N) is 1. The minimum absolute atomic E-state index is 0.117. The van der Waals surface area contributed by atoms with Gasteiger partial charge in [0.05, 0.1) is 12.1 Å². The number of halogens is 1. The van der Waals surface area contributed by atoms with E-state index in [0.717, 1.165) is 29.2 Å². The van der Waals surface area contributed by atoms with Crippen molar-refractivity contribution in [3.63, 3.8) is 0 Å². The normalized spacial score (nSPS) is 12.0. The highest BCUT2D eigenvalue weighted by atomic mass is 127. The van der Waals surface area contributed by atoms with Gasteiger partial charge in [-0.25, -0.2) is 0 Å². The largest absolute Gasteiger partial charge is 0.454 e. The lowest BCUT2D eigenvalue weighted by molar-refractivity contribution is -0.00920. The Labute approximate surface area is 105 Å². The highest BCUT2D eigenvalue weighted by Crippen LogP contribution is 2.11. The SMILES string of the molecule is CCOC(C)(C)CNCc1ccc(I)o1. The summed E-state index contributed by atoms with van der Waals surface area (Å²) in [4.78, 5) is 0. The zero-order valence-corrected chi connectivity index (χ0v) is 11.6. The summed E-state index contributed by atoms with van der Waals surface area (Å²) >= 11 is 2.16. The lowest BCUT2D eigenvalue weighted by atomic mass is 10.1. The van der Waals surface area contributed by atoms with Gasteiger partial charge in [-0.1, -0.05) is 0 Å². The molecule has 0 bridgehead atoms. The van der Waals surface area contributed by atoms with Crippen LogP contribution < -0.4 is 5.32 Å². The van der Waals surface area contributed by atoms with Crippen LogP contribution in [-0.4, -0.2) is 18.8 Å². The van der Waals surface area contributed by atoms with E-state index in [1.807, 2.05) is 19.1 Å². The molecule has 0 amide bonds. The van der Waals surface area contributed by atoms with E-state index in [1.165, 1.54) is 0 Å².